The van der Waals surface area contributed by atoms with E-state index in [0.717, 1.165) is 5.56 Å². The number of hydrogen-bond donors (Lipinski definition) is 2. The van der Waals surface area contributed by atoms with Crippen LogP contribution in [0.25, 0.3) is 0 Å². The Balaban J connectivity index is 2.48. The maximum absolute atomic E-state index is 11.5. The lowest BCUT2D eigenvalue weighted by atomic mass is 10.1. The number of halogens is 1. The van der Waals surface area contributed by atoms with Gasteiger partial charge in [-0.3, -0.25) is 10.1 Å². The summed E-state index contributed by atoms with van der Waals surface area (Å²) >= 11 is 6.08. The highest BCUT2D eigenvalue weighted by molar-refractivity contribution is 6.31. The van der Waals surface area contributed by atoms with Gasteiger partial charge in [-0.25, -0.2) is 9.97 Å². The highest BCUT2D eigenvalue weighted by Gasteiger charge is 2.26. The highest BCUT2D eigenvalue weighted by atomic mass is 35.5. The van der Waals surface area contributed by atoms with Crippen molar-refractivity contribution >= 4 is 34.6 Å². The first kappa shape index (κ1) is 17.0. The molecule has 1 aromatic carbocycles. The van der Waals surface area contributed by atoms with Crippen LogP contribution in [0.15, 0.2) is 24.5 Å². The second kappa shape index (κ2) is 6.37. The molecule has 23 heavy (non-hydrogen) atoms. The fraction of sp³-hybridized carbons (Fsp3) is 0.333. The molecule has 0 saturated heterocycles. The number of nitrogens with one attached hydrogen (secondary N) is 2. The molecule has 122 valence electrons. The SMILES string of the molecule is Cc1c(Cl)cccc1Nc1ncnc(NC(C)(C)C)c1[N+](=O)[O-]. The Kier molecular flexibility index (Phi) is 4.70. The number of nitro groups is 1. The van der Waals surface area contributed by atoms with E-state index >= 15 is 0 Å². The Morgan fingerprint density at radius 2 is 1.87 bits per heavy atom. The molecule has 2 N–H and O–H groups in total. The quantitative estimate of drug-likeness (QED) is 0.639. The Morgan fingerprint density at radius 3 is 2.48 bits per heavy atom. The van der Waals surface area contributed by atoms with E-state index < -0.39 is 4.92 Å². The summed E-state index contributed by atoms with van der Waals surface area (Å²) in [6, 6.07) is 5.30. The molecule has 0 aliphatic rings. The third-order valence-electron chi connectivity index (χ3n) is 3.02. The monoisotopic (exact) mass is 335 g/mol. The molecule has 8 heteroatoms. The normalized spacial score (nSPS) is 11.2. The first-order valence-corrected chi connectivity index (χ1v) is 7.36. The summed E-state index contributed by atoms with van der Waals surface area (Å²) in [5, 5.41) is 18.1. The molecule has 0 aliphatic heterocycles. The van der Waals surface area contributed by atoms with Gasteiger partial charge < -0.3 is 10.6 Å². The van der Waals surface area contributed by atoms with Crippen LogP contribution in [0.1, 0.15) is 26.3 Å². The third kappa shape index (κ3) is 4.07. The molecule has 0 bridgehead atoms. The number of aromatic nitrogens is 2. The lowest BCUT2D eigenvalue weighted by molar-refractivity contribution is -0.383. The molecule has 2 aromatic rings. The number of benzene rings is 1. The Bertz CT molecular complexity index is 743. The molecule has 7 nitrogen and oxygen atoms in total. The van der Waals surface area contributed by atoms with Crippen LogP contribution in [0.5, 0.6) is 0 Å². The topological polar surface area (TPSA) is 93.0 Å². The number of nitrogens with zero attached hydrogens (tertiary/aromatic N) is 3. The van der Waals surface area contributed by atoms with Crippen molar-refractivity contribution in [1.82, 2.24) is 9.97 Å². The largest absolute Gasteiger partial charge is 0.360 e. The molecule has 0 fully saturated rings. The summed E-state index contributed by atoms with van der Waals surface area (Å²) in [4.78, 5) is 19.0. The van der Waals surface area contributed by atoms with Crippen LogP contribution in [0.4, 0.5) is 23.0 Å². The van der Waals surface area contributed by atoms with Gasteiger partial charge in [-0.05, 0) is 45.4 Å². The van der Waals surface area contributed by atoms with E-state index in [1.54, 1.807) is 18.2 Å². The van der Waals surface area contributed by atoms with Gasteiger partial charge in [0, 0.05) is 16.2 Å². The first-order valence-electron chi connectivity index (χ1n) is 6.99. The van der Waals surface area contributed by atoms with Crippen molar-refractivity contribution in [1.29, 1.82) is 0 Å². The van der Waals surface area contributed by atoms with Gasteiger partial charge in [0.05, 0.1) is 4.92 Å². The van der Waals surface area contributed by atoms with E-state index in [9.17, 15) is 10.1 Å². The van der Waals surface area contributed by atoms with E-state index in [-0.39, 0.29) is 22.9 Å². The minimum Gasteiger partial charge on any atom is -0.360 e. The number of anilines is 3. The summed E-state index contributed by atoms with van der Waals surface area (Å²) in [5.74, 6) is 0.279. The molecular formula is C15H18ClN5O2. The van der Waals surface area contributed by atoms with Crippen molar-refractivity contribution in [2.75, 3.05) is 10.6 Å². The van der Waals surface area contributed by atoms with Gasteiger partial charge in [0.2, 0.25) is 11.6 Å². The molecular weight excluding hydrogens is 318 g/mol. The van der Waals surface area contributed by atoms with Crippen molar-refractivity contribution in [2.45, 2.75) is 33.2 Å². The third-order valence-corrected chi connectivity index (χ3v) is 3.43. The Hall–Kier alpha value is -2.41. The van der Waals surface area contributed by atoms with Crippen LogP contribution in [0, 0.1) is 17.0 Å². The lowest BCUT2D eigenvalue weighted by Gasteiger charge is -2.21. The van der Waals surface area contributed by atoms with E-state index in [2.05, 4.69) is 20.6 Å². The minimum atomic E-state index is -0.504. The molecule has 0 atom stereocenters. The number of rotatable bonds is 4. The van der Waals surface area contributed by atoms with E-state index in [0.29, 0.717) is 10.7 Å². The minimum absolute atomic E-state index is 0.113. The van der Waals surface area contributed by atoms with E-state index in [1.165, 1.54) is 6.33 Å². The van der Waals surface area contributed by atoms with Crippen molar-refractivity contribution in [3.8, 4) is 0 Å². The molecule has 0 aliphatic carbocycles. The second-order valence-corrected chi connectivity index (χ2v) is 6.50. The predicted molar refractivity (Wildman–Crippen MR) is 91.5 cm³/mol. The molecule has 0 unspecified atom stereocenters. The van der Waals surface area contributed by atoms with Crippen molar-refractivity contribution in [3.63, 3.8) is 0 Å². The summed E-state index contributed by atoms with van der Waals surface area (Å²) in [5.41, 5.74) is 0.859. The smallest absolute Gasteiger partial charge is 0.353 e. The van der Waals surface area contributed by atoms with Gasteiger partial charge in [-0.15, -0.1) is 0 Å². The summed E-state index contributed by atoms with van der Waals surface area (Å²) < 4.78 is 0. The average molecular weight is 336 g/mol. The van der Waals surface area contributed by atoms with Crippen LogP contribution in [-0.2, 0) is 0 Å². The van der Waals surface area contributed by atoms with Crippen molar-refractivity contribution in [2.24, 2.45) is 0 Å². The van der Waals surface area contributed by atoms with E-state index in [4.69, 9.17) is 11.6 Å². The summed E-state index contributed by atoms with van der Waals surface area (Å²) in [6.45, 7) is 7.51. The molecule has 0 amide bonds. The fourth-order valence-corrected chi connectivity index (χ4v) is 2.13. The second-order valence-electron chi connectivity index (χ2n) is 6.09. The zero-order chi connectivity index (χ0) is 17.2. The van der Waals surface area contributed by atoms with Gasteiger partial charge >= 0.3 is 5.69 Å². The van der Waals surface area contributed by atoms with Crippen LogP contribution in [-0.4, -0.2) is 20.4 Å². The summed E-state index contributed by atoms with van der Waals surface area (Å²) in [6.07, 6.45) is 1.28. The Labute approximate surface area is 139 Å². The number of hydrogen-bond acceptors (Lipinski definition) is 6. The van der Waals surface area contributed by atoms with Crippen LogP contribution in [0.2, 0.25) is 5.02 Å². The van der Waals surface area contributed by atoms with Gasteiger partial charge in [0.25, 0.3) is 0 Å². The maximum atomic E-state index is 11.5. The van der Waals surface area contributed by atoms with Crippen molar-refractivity contribution in [3.05, 3.63) is 45.2 Å². The molecule has 2 rings (SSSR count). The van der Waals surface area contributed by atoms with Crippen LogP contribution >= 0.6 is 11.6 Å². The van der Waals surface area contributed by atoms with Gasteiger partial charge in [-0.2, -0.15) is 0 Å². The van der Waals surface area contributed by atoms with Gasteiger partial charge in [0.1, 0.15) is 6.33 Å². The molecule has 0 radical (unpaired) electrons. The zero-order valence-electron chi connectivity index (χ0n) is 13.3. The van der Waals surface area contributed by atoms with Gasteiger partial charge in [0.15, 0.2) is 0 Å². The van der Waals surface area contributed by atoms with Crippen LogP contribution in [0.3, 0.4) is 0 Å². The molecule has 0 spiro atoms. The predicted octanol–water partition coefficient (Wildman–Crippen LogP) is 4.30. The average Bonchev–Trinajstić information content (AvgIpc) is 2.42. The fourth-order valence-electron chi connectivity index (χ4n) is 1.96. The molecule has 0 saturated carbocycles. The molecule has 1 aromatic heterocycles. The Morgan fingerprint density at radius 1 is 1.22 bits per heavy atom. The summed E-state index contributed by atoms with van der Waals surface area (Å²) in [7, 11) is 0. The highest BCUT2D eigenvalue weighted by Crippen LogP contribution is 2.34. The molecule has 1 heterocycles. The standard InChI is InChI=1S/C15H18ClN5O2/c1-9-10(16)6-5-7-11(9)19-13-12(21(22)23)14(18-8-17-13)20-15(2,3)4/h5-8H,1-4H3,(H2,17,18,19,20). The van der Waals surface area contributed by atoms with Crippen molar-refractivity contribution < 1.29 is 4.92 Å². The van der Waals surface area contributed by atoms with E-state index in [1.807, 2.05) is 27.7 Å². The van der Waals surface area contributed by atoms with Gasteiger partial charge in [-0.1, -0.05) is 17.7 Å². The van der Waals surface area contributed by atoms with Crippen LogP contribution < -0.4 is 10.6 Å². The lowest BCUT2D eigenvalue weighted by Crippen LogP contribution is -2.27. The zero-order valence-corrected chi connectivity index (χ0v) is 14.1. The maximum Gasteiger partial charge on any atom is 0.353 e. The first-order chi connectivity index (χ1) is 10.7.